The highest BCUT2D eigenvalue weighted by molar-refractivity contribution is 8.76. The lowest BCUT2D eigenvalue weighted by atomic mass is 9.55. The average Bonchev–Trinajstić information content (AvgIpc) is 3.51. The lowest BCUT2D eigenvalue weighted by molar-refractivity contribution is -0.230. The molecular weight excluding hydrogens is 723 g/mol. The van der Waals surface area contributed by atoms with Gasteiger partial charge in [0.15, 0.2) is 0 Å². The number of aliphatic hydroxyl groups excluding tert-OH is 1. The lowest BCUT2D eigenvalue weighted by Crippen LogP contribution is -2.65. The molecule has 5 aliphatic heterocycles. The van der Waals surface area contributed by atoms with Crippen LogP contribution < -0.4 is 11.1 Å². The van der Waals surface area contributed by atoms with E-state index in [0.29, 0.717) is 50.3 Å². The number of rotatable bonds is 5. The van der Waals surface area contributed by atoms with E-state index in [2.05, 4.69) is 23.2 Å². The number of amides is 1. The summed E-state index contributed by atoms with van der Waals surface area (Å²) in [4.78, 5) is 43.7. The van der Waals surface area contributed by atoms with Crippen LogP contribution in [0.5, 0.6) is 0 Å². The molecule has 0 radical (unpaired) electrons. The number of nitrogens with one attached hydrogen (secondary N) is 1. The van der Waals surface area contributed by atoms with E-state index in [1.54, 1.807) is 0 Å². The van der Waals surface area contributed by atoms with Crippen LogP contribution in [0.15, 0.2) is 23.3 Å². The van der Waals surface area contributed by atoms with Gasteiger partial charge < -0.3 is 35.3 Å². The first-order valence-electron chi connectivity index (χ1n) is 21.1. The first kappa shape index (κ1) is 39.3. The number of carbonyl (C=O) groups is 3. The average molecular weight is 786 g/mol. The Hall–Kier alpha value is -1.57. The van der Waals surface area contributed by atoms with Gasteiger partial charge in [0.2, 0.25) is 5.91 Å². The molecule has 0 aromatic rings. The van der Waals surface area contributed by atoms with Crippen LogP contribution in [0, 0.1) is 40.9 Å². The number of aliphatic hydroxyl groups is 1. The second-order valence-corrected chi connectivity index (χ2v) is 20.9. The zero-order chi connectivity index (χ0) is 37.8. The Labute approximate surface area is 329 Å². The fourth-order valence-electron chi connectivity index (χ4n) is 12.4. The zero-order valence-electron chi connectivity index (χ0n) is 32.6. The second-order valence-electron chi connectivity index (χ2n) is 18.4. The van der Waals surface area contributed by atoms with Crippen molar-refractivity contribution in [3.8, 4) is 0 Å². The van der Waals surface area contributed by atoms with Crippen LogP contribution in [0.4, 0.5) is 0 Å². The van der Waals surface area contributed by atoms with Crippen molar-refractivity contribution < 1.29 is 33.7 Å². The van der Waals surface area contributed by atoms with Gasteiger partial charge in [0, 0.05) is 68.0 Å². The lowest BCUT2D eigenvalue weighted by Gasteiger charge is -2.57. The first-order valence-corrected chi connectivity index (χ1v) is 23.6. The summed E-state index contributed by atoms with van der Waals surface area (Å²) in [6, 6.07) is 0.307. The van der Waals surface area contributed by atoms with Crippen LogP contribution >= 0.6 is 21.6 Å². The predicted molar refractivity (Wildman–Crippen MR) is 211 cm³/mol. The van der Waals surface area contributed by atoms with E-state index >= 15 is 0 Å². The van der Waals surface area contributed by atoms with Crippen molar-refractivity contribution in [3.63, 3.8) is 0 Å². The number of hydrogen-bond acceptors (Lipinski definition) is 11. The predicted octanol–water partition coefficient (Wildman–Crippen LogP) is 5.92. The molecule has 7 fully saturated rings. The van der Waals surface area contributed by atoms with Gasteiger partial charge in [-0.3, -0.25) is 9.59 Å². The SMILES string of the molecule is CC=C(C)C(=O)OC1(C)CC=C2CSSCC3CCN3C(=O)CC3CNC(N)CC3C2C12CC1CC3CC(C4(CCO)CCCCC4)C(=O)OC3CC1O2. The van der Waals surface area contributed by atoms with E-state index in [9.17, 15) is 19.5 Å². The van der Waals surface area contributed by atoms with Crippen molar-refractivity contribution in [2.75, 3.05) is 31.2 Å². The number of piperidine rings is 1. The fourth-order valence-corrected chi connectivity index (χ4v) is 15.0. The molecule has 0 aromatic heterocycles. The Morgan fingerprint density at radius 2 is 1.93 bits per heavy atom. The topological polar surface area (TPSA) is 140 Å². The second kappa shape index (κ2) is 15.6. The molecule has 1 amide bonds. The summed E-state index contributed by atoms with van der Waals surface area (Å²) in [5.74, 6) is 1.87. The summed E-state index contributed by atoms with van der Waals surface area (Å²) in [5.41, 5.74) is 6.67. The minimum Gasteiger partial charge on any atom is -0.462 e. The highest BCUT2D eigenvalue weighted by Crippen LogP contribution is 2.63. The zero-order valence-corrected chi connectivity index (χ0v) is 34.2. The van der Waals surface area contributed by atoms with E-state index in [1.165, 1.54) is 12.0 Å². The summed E-state index contributed by atoms with van der Waals surface area (Å²) < 4.78 is 20.8. The molecule has 1 spiro atoms. The number of hydrogen-bond donors (Lipinski definition) is 3. The molecule has 0 aromatic carbocycles. The Kier molecular flexibility index (Phi) is 11.4. The monoisotopic (exact) mass is 785 g/mol. The number of nitrogens with two attached hydrogens (primary N) is 1. The summed E-state index contributed by atoms with van der Waals surface area (Å²) in [6.45, 7) is 7.36. The third kappa shape index (κ3) is 6.92. The van der Waals surface area contributed by atoms with E-state index in [-0.39, 0.29) is 83.7 Å². The number of nitrogens with zero attached hydrogens (tertiary/aromatic N) is 1. The van der Waals surface area contributed by atoms with E-state index < -0.39 is 11.2 Å². The van der Waals surface area contributed by atoms with Crippen molar-refractivity contribution in [3.05, 3.63) is 23.3 Å². The van der Waals surface area contributed by atoms with Gasteiger partial charge in [-0.15, -0.1) is 0 Å². The smallest absolute Gasteiger partial charge is 0.334 e. The summed E-state index contributed by atoms with van der Waals surface area (Å²) in [6.07, 6.45) is 15.5. The summed E-state index contributed by atoms with van der Waals surface area (Å²) in [7, 11) is 3.74. The molecule has 5 heterocycles. The van der Waals surface area contributed by atoms with Gasteiger partial charge in [0.25, 0.3) is 0 Å². The Balaban J connectivity index is 1.16. The number of ether oxygens (including phenoxy) is 3. The van der Waals surface area contributed by atoms with Crippen LogP contribution in [0.25, 0.3) is 0 Å². The molecule has 12 unspecified atom stereocenters. The number of carbonyl (C=O) groups excluding carboxylic acids is 3. The van der Waals surface area contributed by atoms with Gasteiger partial charge in [-0.05, 0) is 101 Å². The Morgan fingerprint density at radius 3 is 2.67 bits per heavy atom. The van der Waals surface area contributed by atoms with Crippen molar-refractivity contribution in [2.45, 2.75) is 146 Å². The minimum absolute atomic E-state index is 0.0524. The normalized spacial score (nSPS) is 43.8. The molecule has 300 valence electrons. The van der Waals surface area contributed by atoms with E-state index in [0.717, 1.165) is 69.4 Å². The van der Waals surface area contributed by atoms with Gasteiger partial charge in [-0.2, -0.15) is 0 Å². The molecule has 3 aliphatic carbocycles. The van der Waals surface area contributed by atoms with Gasteiger partial charge >= 0.3 is 11.9 Å². The maximum absolute atomic E-state index is 13.9. The van der Waals surface area contributed by atoms with Gasteiger partial charge in [-0.25, -0.2) is 4.79 Å². The van der Waals surface area contributed by atoms with Crippen LogP contribution in [-0.4, -0.2) is 94.7 Å². The first-order chi connectivity index (χ1) is 26.0. The molecule has 54 heavy (non-hydrogen) atoms. The molecule has 2 saturated carbocycles. The Morgan fingerprint density at radius 1 is 1.11 bits per heavy atom. The number of allylic oxidation sites excluding steroid dienone is 1. The number of fused-ring (bicyclic) bond motifs is 7. The standard InChI is InChI=1S/C42H63N3O7S2/c1-4-25(2)38(48)52-40(3)12-8-26-23-53-54-24-30-9-14-45(30)36(47)18-29-22-44-35(43)19-31(29)37(26)42(40)21-28-16-27-17-32(39(49)50-33(27)20-34(28)51-42)41(13-15-46)10-6-5-7-11-41/h4,8,27-35,37,44,46H,5-7,9-24,43H2,1-3H3. The minimum atomic E-state index is -0.960. The maximum atomic E-state index is 13.9. The molecule has 10 nitrogen and oxygen atoms in total. The molecule has 4 N–H and O–H groups in total. The fraction of sp³-hybridized carbons (Fsp3) is 0.833. The third-order valence-corrected chi connectivity index (χ3v) is 18.0. The van der Waals surface area contributed by atoms with Crippen molar-refractivity contribution in [1.29, 1.82) is 0 Å². The van der Waals surface area contributed by atoms with Crippen molar-refractivity contribution >= 4 is 39.4 Å². The largest absolute Gasteiger partial charge is 0.462 e. The van der Waals surface area contributed by atoms with Crippen molar-refractivity contribution in [2.24, 2.45) is 46.7 Å². The van der Waals surface area contributed by atoms with Crippen molar-refractivity contribution in [1.82, 2.24) is 10.2 Å². The van der Waals surface area contributed by atoms with Gasteiger partial charge in [0.05, 0.1) is 18.2 Å². The summed E-state index contributed by atoms with van der Waals surface area (Å²) >= 11 is 0. The molecule has 0 bridgehead atoms. The highest BCUT2D eigenvalue weighted by Gasteiger charge is 2.68. The highest BCUT2D eigenvalue weighted by atomic mass is 33.1. The molecule has 5 saturated heterocycles. The summed E-state index contributed by atoms with van der Waals surface area (Å²) in [5, 5.41) is 13.7. The van der Waals surface area contributed by atoms with E-state index in [1.807, 2.05) is 41.5 Å². The Bertz CT molecular complexity index is 1510. The molecule has 12 atom stereocenters. The number of esters is 2. The molecule has 8 rings (SSSR count). The molecular formula is C42H63N3O7S2. The molecule has 8 aliphatic rings. The maximum Gasteiger partial charge on any atom is 0.334 e. The van der Waals surface area contributed by atoms with Crippen LogP contribution in [-0.2, 0) is 28.6 Å². The van der Waals surface area contributed by atoms with Gasteiger partial charge in [0.1, 0.15) is 17.3 Å². The van der Waals surface area contributed by atoms with E-state index in [4.69, 9.17) is 19.9 Å². The van der Waals surface area contributed by atoms with Crippen LogP contribution in [0.3, 0.4) is 0 Å². The van der Waals surface area contributed by atoms with Crippen LogP contribution in [0.1, 0.15) is 111 Å². The van der Waals surface area contributed by atoms with Gasteiger partial charge in [-0.1, -0.05) is 58.6 Å². The third-order valence-electron chi connectivity index (χ3n) is 15.6. The molecule has 12 heteroatoms. The quantitative estimate of drug-likeness (QED) is 0.133. The van der Waals surface area contributed by atoms with Crippen LogP contribution in [0.2, 0.25) is 0 Å².